The van der Waals surface area contributed by atoms with E-state index in [0.29, 0.717) is 11.4 Å². The summed E-state index contributed by atoms with van der Waals surface area (Å²) < 4.78 is 40.1. The molecule has 0 radical (unpaired) electrons. The second-order valence-corrected chi connectivity index (χ2v) is 6.78. The van der Waals surface area contributed by atoms with Gasteiger partial charge in [-0.3, -0.25) is 9.59 Å². The molecule has 28 heavy (non-hydrogen) atoms. The van der Waals surface area contributed by atoms with Crippen molar-refractivity contribution in [3.63, 3.8) is 0 Å². The van der Waals surface area contributed by atoms with Gasteiger partial charge in [0.25, 0.3) is 5.91 Å². The average Bonchev–Trinajstić information content (AvgIpc) is 3.13. The highest BCUT2D eigenvalue weighted by atomic mass is 79.9. The van der Waals surface area contributed by atoms with E-state index in [1.54, 1.807) is 18.2 Å². The molecule has 5 nitrogen and oxygen atoms in total. The van der Waals surface area contributed by atoms with Gasteiger partial charge in [0.15, 0.2) is 5.78 Å². The van der Waals surface area contributed by atoms with Crippen LogP contribution >= 0.6 is 15.9 Å². The molecule has 0 unspecified atom stereocenters. The Morgan fingerprint density at radius 3 is 2.46 bits per heavy atom. The van der Waals surface area contributed by atoms with Crippen molar-refractivity contribution in [1.82, 2.24) is 4.98 Å². The molecule has 9 heteroatoms. The van der Waals surface area contributed by atoms with Crippen molar-refractivity contribution in [3.8, 4) is 0 Å². The van der Waals surface area contributed by atoms with Gasteiger partial charge in [0.1, 0.15) is 5.69 Å². The number of amides is 1. The minimum Gasteiger partial charge on any atom is -0.397 e. The molecular weight excluding hydrogens is 439 g/mol. The Hall–Kier alpha value is -3.07. The number of aromatic amines is 1. The van der Waals surface area contributed by atoms with Gasteiger partial charge in [-0.15, -0.1) is 0 Å². The van der Waals surface area contributed by atoms with Gasteiger partial charge in [0.05, 0.1) is 16.9 Å². The van der Waals surface area contributed by atoms with Crippen LogP contribution < -0.4 is 11.1 Å². The number of hydrogen-bond donors (Lipinski definition) is 3. The normalized spacial score (nSPS) is 11.3. The monoisotopic (exact) mass is 451 g/mol. The summed E-state index contributed by atoms with van der Waals surface area (Å²) in [5, 5.41) is 2.57. The van der Waals surface area contributed by atoms with Crippen molar-refractivity contribution in [2.24, 2.45) is 0 Å². The largest absolute Gasteiger partial charge is 0.417 e. The van der Waals surface area contributed by atoms with Gasteiger partial charge in [-0.2, -0.15) is 13.2 Å². The molecule has 0 saturated heterocycles. The minimum absolute atomic E-state index is 0.00941. The Kier molecular flexibility index (Phi) is 5.28. The maximum absolute atomic E-state index is 13.1. The van der Waals surface area contributed by atoms with E-state index in [0.717, 1.165) is 16.6 Å². The number of carbonyl (C=O) groups is 2. The maximum atomic E-state index is 13.1. The van der Waals surface area contributed by atoms with E-state index in [2.05, 4.69) is 26.2 Å². The molecule has 0 saturated carbocycles. The molecule has 1 amide bonds. The number of nitrogens with two attached hydrogens (primary N) is 1. The van der Waals surface area contributed by atoms with Crippen molar-refractivity contribution in [2.45, 2.75) is 6.18 Å². The topological polar surface area (TPSA) is 88.0 Å². The summed E-state index contributed by atoms with van der Waals surface area (Å²) in [6.45, 7) is 0. The number of hydrogen-bond acceptors (Lipinski definition) is 3. The molecule has 0 fully saturated rings. The van der Waals surface area contributed by atoms with Crippen molar-refractivity contribution in [3.05, 3.63) is 81.6 Å². The number of aromatic nitrogens is 1. The number of nitrogens with one attached hydrogen (secondary N) is 2. The van der Waals surface area contributed by atoms with E-state index >= 15 is 0 Å². The van der Waals surface area contributed by atoms with Gasteiger partial charge in [0, 0.05) is 21.8 Å². The van der Waals surface area contributed by atoms with Gasteiger partial charge in [0.2, 0.25) is 0 Å². The number of anilines is 2. The van der Waals surface area contributed by atoms with Crippen LogP contribution in [-0.4, -0.2) is 16.7 Å². The van der Waals surface area contributed by atoms with E-state index in [4.69, 9.17) is 5.73 Å². The highest BCUT2D eigenvalue weighted by molar-refractivity contribution is 9.10. The Morgan fingerprint density at radius 1 is 1.07 bits per heavy atom. The zero-order valence-corrected chi connectivity index (χ0v) is 15.7. The summed E-state index contributed by atoms with van der Waals surface area (Å²) in [4.78, 5) is 27.5. The fraction of sp³-hybridized carbons (Fsp3) is 0.0526. The Balaban J connectivity index is 1.84. The first-order valence-electron chi connectivity index (χ1n) is 7.92. The fourth-order valence-electron chi connectivity index (χ4n) is 2.58. The first kappa shape index (κ1) is 19.7. The Morgan fingerprint density at radius 2 is 1.79 bits per heavy atom. The standard InChI is InChI=1S/C19H13BrF3N3O2/c20-11-5-6-15(14(24)8-11)26-18(28)16-7-10(9-25-16)17(27)12-3-1-2-4-13(12)19(21,22)23/h1-9,25H,24H2,(H,26,28). The second kappa shape index (κ2) is 7.51. The van der Waals surface area contributed by atoms with E-state index in [-0.39, 0.29) is 11.3 Å². The molecule has 3 rings (SSSR count). The van der Waals surface area contributed by atoms with Crippen LogP contribution in [0.5, 0.6) is 0 Å². The number of benzene rings is 2. The predicted molar refractivity (Wildman–Crippen MR) is 102 cm³/mol. The Labute approximate surface area is 165 Å². The summed E-state index contributed by atoms with van der Waals surface area (Å²) >= 11 is 3.25. The Bertz CT molecular complexity index is 1060. The molecule has 0 aliphatic rings. The van der Waals surface area contributed by atoms with Crippen molar-refractivity contribution in [1.29, 1.82) is 0 Å². The average molecular weight is 452 g/mol. The van der Waals surface area contributed by atoms with Crippen LogP contribution in [0.1, 0.15) is 32.0 Å². The summed E-state index contributed by atoms with van der Waals surface area (Å²) in [6, 6.07) is 10.6. The van der Waals surface area contributed by atoms with Crippen LogP contribution in [0, 0.1) is 0 Å². The van der Waals surface area contributed by atoms with Crippen molar-refractivity contribution in [2.75, 3.05) is 11.1 Å². The van der Waals surface area contributed by atoms with Gasteiger partial charge in [-0.25, -0.2) is 0 Å². The van der Waals surface area contributed by atoms with Crippen LogP contribution in [0.2, 0.25) is 0 Å². The first-order valence-corrected chi connectivity index (χ1v) is 8.72. The lowest BCUT2D eigenvalue weighted by molar-refractivity contribution is -0.137. The SMILES string of the molecule is Nc1cc(Br)ccc1NC(=O)c1cc(C(=O)c2ccccc2C(F)(F)F)c[nH]1. The van der Waals surface area contributed by atoms with Gasteiger partial charge in [-0.1, -0.05) is 34.1 Å². The molecule has 2 aromatic carbocycles. The molecule has 0 aliphatic carbocycles. The van der Waals surface area contributed by atoms with Gasteiger partial charge >= 0.3 is 6.18 Å². The molecule has 0 atom stereocenters. The molecule has 3 aromatic rings. The zero-order chi connectivity index (χ0) is 20.5. The summed E-state index contributed by atoms with van der Waals surface area (Å²) in [5.74, 6) is -1.43. The number of carbonyl (C=O) groups excluding carboxylic acids is 2. The van der Waals surface area contributed by atoms with E-state index in [9.17, 15) is 22.8 Å². The van der Waals surface area contributed by atoms with Crippen molar-refractivity contribution < 1.29 is 22.8 Å². The number of nitrogen functional groups attached to an aromatic ring is 1. The molecule has 144 valence electrons. The number of alkyl halides is 3. The zero-order valence-electron chi connectivity index (χ0n) is 14.1. The van der Waals surface area contributed by atoms with Crippen LogP contribution in [0.3, 0.4) is 0 Å². The number of H-pyrrole nitrogens is 1. The summed E-state index contributed by atoms with van der Waals surface area (Å²) in [5.41, 5.74) is 4.93. The van der Waals surface area contributed by atoms with E-state index in [1.165, 1.54) is 24.4 Å². The predicted octanol–water partition coefficient (Wildman–Crippen LogP) is 4.86. The highest BCUT2D eigenvalue weighted by Crippen LogP contribution is 2.33. The van der Waals surface area contributed by atoms with Gasteiger partial charge in [-0.05, 0) is 30.3 Å². The molecular formula is C19H13BrF3N3O2. The third-order valence-electron chi connectivity index (χ3n) is 3.93. The quantitative estimate of drug-likeness (QED) is 0.390. The molecule has 0 aliphatic heterocycles. The second-order valence-electron chi connectivity index (χ2n) is 5.86. The number of halogens is 4. The smallest absolute Gasteiger partial charge is 0.397 e. The molecule has 4 N–H and O–H groups in total. The van der Waals surface area contributed by atoms with E-state index < -0.39 is 29.0 Å². The minimum atomic E-state index is -4.66. The lowest BCUT2D eigenvalue weighted by Crippen LogP contribution is -2.14. The first-order chi connectivity index (χ1) is 13.2. The maximum Gasteiger partial charge on any atom is 0.417 e. The van der Waals surface area contributed by atoms with Crippen LogP contribution in [0.15, 0.2) is 59.2 Å². The van der Waals surface area contributed by atoms with Crippen LogP contribution in [-0.2, 0) is 6.18 Å². The third kappa shape index (κ3) is 4.09. The molecule has 1 aromatic heterocycles. The van der Waals surface area contributed by atoms with Crippen LogP contribution in [0.4, 0.5) is 24.5 Å². The number of ketones is 1. The van der Waals surface area contributed by atoms with E-state index in [1.807, 2.05) is 0 Å². The summed E-state index contributed by atoms with van der Waals surface area (Å²) in [6.07, 6.45) is -3.47. The highest BCUT2D eigenvalue weighted by Gasteiger charge is 2.35. The lowest BCUT2D eigenvalue weighted by Gasteiger charge is -2.11. The lowest BCUT2D eigenvalue weighted by atomic mass is 9.99. The summed E-state index contributed by atoms with van der Waals surface area (Å²) in [7, 11) is 0. The van der Waals surface area contributed by atoms with Gasteiger partial charge < -0.3 is 16.0 Å². The van der Waals surface area contributed by atoms with Crippen molar-refractivity contribution >= 4 is 39.0 Å². The molecule has 0 spiro atoms. The van der Waals surface area contributed by atoms with Crippen LogP contribution in [0.25, 0.3) is 0 Å². The molecule has 1 heterocycles. The number of rotatable bonds is 4. The fourth-order valence-corrected chi connectivity index (χ4v) is 2.96. The molecule has 0 bridgehead atoms. The third-order valence-corrected chi connectivity index (χ3v) is 4.42.